The first-order chi connectivity index (χ1) is 18.4. The Bertz CT molecular complexity index is 1480. The number of halogens is 5. The normalized spacial score (nSPS) is 14.8. The maximum atomic E-state index is 14.9. The van der Waals surface area contributed by atoms with Gasteiger partial charge in [0.15, 0.2) is 0 Å². The van der Waals surface area contributed by atoms with Crippen molar-refractivity contribution in [3.8, 4) is 0 Å². The topological polar surface area (TPSA) is 79.0 Å². The van der Waals surface area contributed by atoms with Gasteiger partial charge in [0.1, 0.15) is 23.3 Å². The summed E-state index contributed by atoms with van der Waals surface area (Å²) < 4.78 is 60.7. The van der Waals surface area contributed by atoms with Gasteiger partial charge in [-0.25, -0.2) is 27.2 Å². The highest BCUT2D eigenvalue weighted by Gasteiger charge is 2.35. The predicted molar refractivity (Wildman–Crippen MR) is 134 cm³/mol. The molecule has 4 rings (SSSR count). The van der Waals surface area contributed by atoms with Crippen LogP contribution in [-0.4, -0.2) is 37.0 Å². The second-order valence-corrected chi connectivity index (χ2v) is 9.22. The summed E-state index contributed by atoms with van der Waals surface area (Å²) >= 11 is 6.32. The molecule has 1 unspecified atom stereocenters. The summed E-state index contributed by atoms with van der Waals surface area (Å²) in [5, 5.41) is 2.15. The van der Waals surface area contributed by atoms with E-state index in [2.05, 4.69) is 10.1 Å². The van der Waals surface area contributed by atoms with Gasteiger partial charge in [-0.05, 0) is 36.8 Å². The van der Waals surface area contributed by atoms with Gasteiger partial charge in [-0.1, -0.05) is 17.7 Å². The van der Waals surface area contributed by atoms with Gasteiger partial charge in [0, 0.05) is 42.4 Å². The molecule has 1 aliphatic rings. The van der Waals surface area contributed by atoms with Crippen LogP contribution in [0, 0.1) is 23.3 Å². The third-order valence-corrected chi connectivity index (χ3v) is 7.02. The Hall–Kier alpha value is -4.12. The Morgan fingerprint density at radius 3 is 2.31 bits per heavy atom. The standard InChI is InChI=1S/C27H22ClF4N3O4/c1-13-16-5-4-14(25(36)33-11-18-21(31)9-15(29)10-22(18)32)8-23(16)35(27(38)34(13)2)12-19-20(30)7-6-17(24(19)28)26(37)39-3/h4-10,13H,11-12H2,1-3H3,(H,33,36). The van der Waals surface area contributed by atoms with Crippen LogP contribution < -0.4 is 10.2 Å². The molecule has 39 heavy (non-hydrogen) atoms. The van der Waals surface area contributed by atoms with Crippen molar-refractivity contribution in [2.45, 2.75) is 26.1 Å². The summed E-state index contributed by atoms with van der Waals surface area (Å²) in [6.07, 6.45) is 0. The number of urea groups is 1. The molecule has 0 fully saturated rings. The number of carbonyl (C=O) groups is 3. The molecule has 0 saturated carbocycles. The van der Waals surface area contributed by atoms with Crippen LogP contribution in [-0.2, 0) is 17.8 Å². The van der Waals surface area contributed by atoms with E-state index in [9.17, 15) is 31.9 Å². The highest BCUT2D eigenvalue weighted by atomic mass is 35.5. The van der Waals surface area contributed by atoms with Crippen LogP contribution in [0.4, 0.5) is 28.0 Å². The van der Waals surface area contributed by atoms with E-state index in [0.717, 1.165) is 13.2 Å². The molecular formula is C27H22ClF4N3O4. The maximum Gasteiger partial charge on any atom is 0.339 e. The number of hydrogen-bond acceptors (Lipinski definition) is 4. The van der Waals surface area contributed by atoms with Crippen molar-refractivity contribution in [2.75, 3.05) is 19.1 Å². The summed E-state index contributed by atoms with van der Waals surface area (Å²) in [4.78, 5) is 40.8. The van der Waals surface area contributed by atoms with Gasteiger partial charge in [0.05, 0.1) is 36.0 Å². The van der Waals surface area contributed by atoms with Crippen LogP contribution in [0.25, 0.3) is 0 Å². The zero-order valence-corrected chi connectivity index (χ0v) is 21.7. The summed E-state index contributed by atoms with van der Waals surface area (Å²) in [6.45, 7) is 0.825. The Labute approximate surface area is 225 Å². The molecule has 0 bridgehead atoms. The van der Waals surface area contributed by atoms with Gasteiger partial charge < -0.3 is 15.0 Å². The average molecular weight is 564 g/mol. The molecule has 1 N–H and O–H groups in total. The lowest BCUT2D eigenvalue weighted by atomic mass is 9.98. The molecule has 1 aliphatic heterocycles. The smallest absolute Gasteiger partial charge is 0.339 e. The van der Waals surface area contributed by atoms with Crippen molar-refractivity contribution >= 4 is 35.2 Å². The lowest BCUT2D eigenvalue weighted by molar-refractivity contribution is 0.0600. The Balaban J connectivity index is 1.69. The molecule has 0 saturated heterocycles. The number of amides is 3. The fourth-order valence-electron chi connectivity index (χ4n) is 4.27. The fraction of sp³-hybridized carbons (Fsp3) is 0.222. The Morgan fingerprint density at radius 2 is 1.67 bits per heavy atom. The third kappa shape index (κ3) is 5.26. The second-order valence-electron chi connectivity index (χ2n) is 8.84. The molecule has 1 heterocycles. The van der Waals surface area contributed by atoms with Crippen molar-refractivity contribution in [3.63, 3.8) is 0 Å². The minimum absolute atomic E-state index is 0.0427. The molecule has 0 spiro atoms. The molecule has 7 nitrogen and oxygen atoms in total. The number of anilines is 1. The van der Waals surface area contributed by atoms with Gasteiger partial charge >= 0.3 is 12.0 Å². The molecule has 3 aromatic carbocycles. The first-order valence-corrected chi connectivity index (χ1v) is 12.0. The largest absolute Gasteiger partial charge is 0.465 e. The number of hydrogen-bond donors (Lipinski definition) is 1. The minimum Gasteiger partial charge on any atom is -0.465 e. The molecule has 12 heteroatoms. The Kier molecular flexibility index (Phi) is 7.82. The number of carbonyl (C=O) groups excluding carboxylic acids is 3. The number of nitrogens with one attached hydrogen (secondary N) is 1. The highest BCUT2D eigenvalue weighted by Crippen LogP contribution is 2.38. The zero-order valence-electron chi connectivity index (χ0n) is 21.0. The van der Waals surface area contributed by atoms with Crippen LogP contribution in [0.15, 0.2) is 42.5 Å². The number of methoxy groups -OCH3 is 1. The molecule has 0 radical (unpaired) electrons. The number of nitrogens with zero attached hydrogens (tertiary/aromatic N) is 2. The Morgan fingerprint density at radius 1 is 1.00 bits per heavy atom. The van der Waals surface area contributed by atoms with E-state index >= 15 is 0 Å². The quantitative estimate of drug-likeness (QED) is 0.306. The number of rotatable bonds is 6. The lowest BCUT2D eigenvalue weighted by Gasteiger charge is -2.40. The highest BCUT2D eigenvalue weighted by molar-refractivity contribution is 6.34. The van der Waals surface area contributed by atoms with E-state index in [1.807, 2.05) is 0 Å². The van der Waals surface area contributed by atoms with Crippen LogP contribution in [0.5, 0.6) is 0 Å². The van der Waals surface area contributed by atoms with E-state index < -0.39 is 59.3 Å². The first kappa shape index (κ1) is 27.9. The van der Waals surface area contributed by atoms with E-state index in [1.54, 1.807) is 20.0 Å². The van der Waals surface area contributed by atoms with Crippen LogP contribution >= 0.6 is 11.6 Å². The second kappa shape index (κ2) is 10.9. The monoisotopic (exact) mass is 563 g/mol. The van der Waals surface area contributed by atoms with Crippen molar-refractivity contribution in [2.24, 2.45) is 0 Å². The van der Waals surface area contributed by atoms with E-state index in [1.165, 1.54) is 28.0 Å². The van der Waals surface area contributed by atoms with Crippen LogP contribution in [0.3, 0.4) is 0 Å². The summed E-state index contributed by atoms with van der Waals surface area (Å²) in [7, 11) is 2.70. The first-order valence-electron chi connectivity index (χ1n) is 11.6. The van der Waals surface area contributed by atoms with Crippen molar-refractivity contribution in [3.05, 3.63) is 98.6 Å². The van der Waals surface area contributed by atoms with Gasteiger partial charge in [0.2, 0.25) is 0 Å². The van der Waals surface area contributed by atoms with E-state index in [-0.39, 0.29) is 33.9 Å². The minimum atomic E-state index is -1.15. The molecular weight excluding hydrogens is 542 g/mol. The summed E-state index contributed by atoms with van der Waals surface area (Å²) in [5.74, 6) is -5.67. The maximum absolute atomic E-state index is 14.9. The van der Waals surface area contributed by atoms with Gasteiger partial charge in [-0.3, -0.25) is 9.69 Å². The summed E-state index contributed by atoms with van der Waals surface area (Å²) in [6, 6.07) is 6.73. The number of fused-ring (bicyclic) bond motifs is 1. The summed E-state index contributed by atoms with van der Waals surface area (Å²) in [5.41, 5.74) is 0.196. The van der Waals surface area contributed by atoms with Crippen LogP contribution in [0.1, 0.15) is 50.4 Å². The van der Waals surface area contributed by atoms with E-state index in [4.69, 9.17) is 11.6 Å². The molecule has 3 aromatic rings. The van der Waals surface area contributed by atoms with Gasteiger partial charge in [0.25, 0.3) is 5.91 Å². The number of esters is 1. The molecule has 0 aliphatic carbocycles. The van der Waals surface area contributed by atoms with Crippen molar-refractivity contribution in [1.29, 1.82) is 0 Å². The SMILES string of the molecule is COC(=O)c1ccc(F)c(CN2C(=O)N(C)C(C)c3ccc(C(=O)NCc4c(F)cc(F)cc4F)cc32)c1Cl. The molecule has 3 amide bonds. The average Bonchev–Trinajstić information content (AvgIpc) is 2.90. The number of benzene rings is 3. The van der Waals surface area contributed by atoms with Gasteiger partial charge in [-0.15, -0.1) is 0 Å². The molecule has 204 valence electrons. The lowest BCUT2D eigenvalue weighted by Crippen LogP contribution is -2.46. The number of ether oxygens (including phenoxy) is 1. The van der Waals surface area contributed by atoms with Gasteiger partial charge in [-0.2, -0.15) is 0 Å². The van der Waals surface area contributed by atoms with Crippen molar-refractivity contribution in [1.82, 2.24) is 10.2 Å². The van der Waals surface area contributed by atoms with Crippen molar-refractivity contribution < 1.29 is 36.7 Å². The van der Waals surface area contributed by atoms with E-state index in [0.29, 0.717) is 17.7 Å². The zero-order chi connectivity index (χ0) is 28.6. The fourth-order valence-corrected chi connectivity index (χ4v) is 4.56. The third-order valence-electron chi connectivity index (χ3n) is 6.59. The molecule has 1 atom stereocenters. The predicted octanol–water partition coefficient (Wildman–Crippen LogP) is 5.75. The molecule has 0 aromatic heterocycles. The van der Waals surface area contributed by atoms with Crippen LogP contribution in [0.2, 0.25) is 5.02 Å².